The number of carbonyl (C=O) groups excluding carboxylic acids is 1. The van der Waals surface area contributed by atoms with Crippen molar-refractivity contribution in [1.29, 1.82) is 0 Å². The standard InChI is InChI=1S/C17H19N3O2/c1-20-11-5-8-15(20)17(21)19-14-7-2-3-9-16(14)22-13-6-4-10-18-12-13/h2-4,6-7,9-10,12,15H,5,8,11H2,1H3,(H,19,21). The molecule has 1 atom stereocenters. The van der Waals surface area contributed by atoms with Gasteiger partial charge in [-0.15, -0.1) is 0 Å². The lowest BCUT2D eigenvalue weighted by atomic mass is 10.2. The predicted molar refractivity (Wildman–Crippen MR) is 85.0 cm³/mol. The fourth-order valence-corrected chi connectivity index (χ4v) is 2.65. The summed E-state index contributed by atoms with van der Waals surface area (Å²) in [6, 6.07) is 11.0. The second-order valence-corrected chi connectivity index (χ2v) is 5.41. The number of amides is 1. The number of hydrogen-bond donors (Lipinski definition) is 1. The number of anilines is 1. The number of hydrogen-bond acceptors (Lipinski definition) is 4. The first-order valence-corrected chi connectivity index (χ1v) is 7.42. The molecular formula is C17H19N3O2. The molecule has 22 heavy (non-hydrogen) atoms. The van der Waals surface area contributed by atoms with Crippen molar-refractivity contribution in [3.05, 3.63) is 48.8 Å². The number of nitrogens with zero attached hydrogens (tertiary/aromatic N) is 2. The minimum atomic E-state index is -0.0635. The Hall–Kier alpha value is -2.40. The molecule has 1 aliphatic heterocycles. The minimum absolute atomic E-state index is 0.0160. The van der Waals surface area contributed by atoms with E-state index < -0.39 is 0 Å². The molecule has 0 bridgehead atoms. The van der Waals surface area contributed by atoms with Crippen LogP contribution in [-0.4, -0.2) is 35.4 Å². The Morgan fingerprint density at radius 2 is 2.18 bits per heavy atom. The molecule has 1 unspecified atom stereocenters. The maximum Gasteiger partial charge on any atom is 0.241 e. The van der Waals surface area contributed by atoms with Gasteiger partial charge in [0, 0.05) is 6.20 Å². The number of para-hydroxylation sites is 2. The number of likely N-dealkylation sites (tertiary alicyclic amines) is 1. The molecule has 3 rings (SSSR count). The van der Waals surface area contributed by atoms with Crippen molar-refractivity contribution in [3.8, 4) is 11.5 Å². The van der Waals surface area contributed by atoms with Crippen molar-refractivity contribution < 1.29 is 9.53 Å². The van der Waals surface area contributed by atoms with E-state index in [0.29, 0.717) is 17.2 Å². The first-order chi connectivity index (χ1) is 10.7. The van der Waals surface area contributed by atoms with Crippen LogP contribution in [0.3, 0.4) is 0 Å². The van der Waals surface area contributed by atoms with Crippen LogP contribution in [0.4, 0.5) is 5.69 Å². The highest BCUT2D eigenvalue weighted by molar-refractivity contribution is 5.96. The third kappa shape index (κ3) is 3.26. The average molecular weight is 297 g/mol. The third-order valence-corrected chi connectivity index (χ3v) is 3.83. The van der Waals surface area contributed by atoms with Gasteiger partial charge in [-0.3, -0.25) is 14.7 Å². The number of aromatic nitrogens is 1. The Morgan fingerprint density at radius 3 is 2.91 bits per heavy atom. The monoisotopic (exact) mass is 297 g/mol. The molecule has 0 aliphatic carbocycles. The van der Waals surface area contributed by atoms with E-state index in [1.165, 1.54) is 0 Å². The zero-order chi connectivity index (χ0) is 15.4. The van der Waals surface area contributed by atoms with E-state index in [2.05, 4.69) is 15.2 Å². The van der Waals surface area contributed by atoms with Crippen LogP contribution in [0.1, 0.15) is 12.8 Å². The van der Waals surface area contributed by atoms with Crippen LogP contribution in [0, 0.1) is 0 Å². The maximum atomic E-state index is 12.4. The summed E-state index contributed by atoms with van der Waals surface area (Å²) in [6.45, 7) is 0.964. The fourth-order valence-electron chi connectivity index (χ4n) is 2.65. The zero-order valence-corrected chi connectivity index (χ0v) is 12.5. The van der Waals surface area contributed by atoms with Crippen LogP contribution in [0.15, 0.2) is 48.8 Å². The normalized spacial score (nSPS) is 18.1. The Bertz CT molecular complexity index is 645. The molecule has 0 radical (unpaired) electrons. The molecule has 1 aromatic carbocycles. The highest BCUT2D eigenvalue weighted by Crippen LogP contribution is 2.29. The molecule has 1 N–H and O–H groups in total. The minimum Gasteiger partial charge on any atom is -0.454 e. The molecule has 1 amide bonds. The maximum absolute atomic E-state index is 12.4. The third-order valence-electron chi connectivity index (χ3n) is 3.83. The van der Waals surface area contributed by atoms with E-state index >= 15 is 0 Å². The lowest BCUT2D eigenvalue weighted by Crippen LogP contribution is -2.37. The molecule has 114 valence electrons. The van der Waals surface area contributed by atoms with Crippen LogP contribution in [0.5, 0.6) is 11.5 Å². The van der Waals surface area contributed by atoms with E-state index in [9.17, 15) is 4.79 Å². The summed E-state index contributed by atoms with van der Waals surface area (Å²) in [6.07, 6.45) is 5.29. The molecule has 1 fully saturated rings. The van der Waals surface area contributed by atoms with Crippen LogP contribution in [0.25, 0.3) is 0 Å². The van der Waals surface area contributed by atoms with Gasteiger partial charge in [0.1, 0.15) is 5.75 Å². The average Bonchev–Trinajstić information content (AvgIpc) is 2.96. The summed E-state index contributed by atoms with van der Waals surface area (Å²) in [7, 11) is 1.98. The molecule has 0 saturated carbocycles. The highest BCUT2D eigenvalue weighted by Gasteiger charge is 2.28. The van der Waals surface area contributed by atoms with Gasteiger partial charge >= 0.3 is 0 Å². The predicted octanol–water partition coefficient (Wildman–Crippen LogP) is 2.91. The number of likely N-dealkylation sites (N-methyl/N-ethyl adjacent to an activating group) is 1. The van der Waals surface area contributed by atoms with Crippen molar-refractivity contribution >= 4 is 11.6 Å². The van der Waals surface area contributed by atoms with E-state index in [0.717, 1.165) is 19.4 Å². The molecular weight excluding hydrogens is 278 g/mol. The number of rotatable bonds is 4. The van der Waals surface area contributed by atoms with Crippen molar-refractivity contribution in [3.63, 3.8) is 0 Å². The molecule has 0 spiro atoms. The molecule has 2 aromatic rings. The van der Waals surface area contributed by atoms with Gasteiger partial charge in [-0.1, -0.05) is 12.1 Å². The fraction of sp³-hybridized carbons (Fsp3) is 0.294. The lowest BCUT2D eigenvalue weighted by molar-refractivity contribution is -0.119. The van der Waals surface area contributed by atoms with Gasteiger partial charge in [0.15, 0.2) is 5.75 Å². The Balaban J connectivity index is 1.75. The molecule has 1 aliphatic rings. The molecule has 1 aromatic heterocycles. The Labute approximate surface area is 129 Å². The van der Waals surface area contributed by atoms with Gasteiger partial charge in [0.05, 0.1) is 17.9 Å². The molecule has 1 saturated heterocycles. The number of pyridine rings is 1. The molecule has 5 heteroatoms. The number of nitrogens with one attached hydrogen (secondary N) is 1. The summed E-state index contributed by atoms with van der Waals surface area (Å²) in [5.74, 6) is 1.27. The van der Waals surface area contributed by atoms with Gasteiger partial charge in [-0.25, -0.2) is 0 Å². The van der Waals surface area contributed by atoms with Gasteiger partial charge in [-0.2, -0.15) is 0 Å². The van der Waals surface area contributed by atoms with E-state index in [1.807, 2.05) is 43.4 Å². The van der Waals surface area contributed by atoms with Gasteiger partial charge in [0.2, 0.25) is 5.91 Å². The van der Waals surface area contributed by atoms with E-state index in [1.54, 1.807) is 12.4 Å². The van der Waals surface area contributed by atoms with Crippen LogP contribution < -0.4 is 10.1 Å². The summed E-state index contributed by atoms with van der Waals surface area (Å²) in [5.41, 5.74) is 0.677. The second-order valence-electron chi connectivity index (χ2n) is 5.41. The van der Waals surface area contributed by atoms with Crippen LogP contribution >= 0.6 is 0 Å². The smallest absolute Gasteiger partial charge is 0.241 e. The summed E-state index contributed by atoms with van der Waals surface area (Å²) < 4.78 is 5.81. The van der Waals surface area contributed by atoms with Crippen molar-refractivity contribution in [2.24, 2.45) is 0 Å². The number of carbonyl (C=O) groups is 1. The van der Waals surface area contributed by atoms with Crippen molar-refractivity contribution in [2.75, 3.05) is 18.9 Å². The SMILES string of the molecule is CN1CCCC1C(=O)Nc1ccccc1Oc1cccnc1. The van der Waals surface area contributed by atoms with Crippen LogP contribution in [0.2, 0.25) is 0 Å². The van der Waals surface area contributed by atoms with E-state index in [4.69, 9.17) is 4.74 Å². The van der Waals surface area contributed by atoms with Crippen molar-refractivity contribution in [2.45, 2.75) is 18.9 Å². The first-order valence-electron chi connectivity index (χ1n) is 7.42. The lowest BCUT2D eigenvalue weighted by Gasteiger charge is -2.19. The Morgan fingerprint density at radius 1 is 1.32 bits per heavy atom. The number of ether oxygens (including phenoxy) is 1. The van der Waals surface area contributed by atoms with Crippen molar-refractivity contribution in [1.82, 2.24) is 9.88 Å². The van der Waals surface area contributed by atoms with Gasteiger partial charge < -0.3 is 10.1 Å². The molecule has 2 heterocycles. The second kappa shape index (κ2) is 6.58. The van der Waals surface area contributed by atoms with Gasteiger partial charge in [0.25, 0.3) is 0 Å². The number of benzene rings is 1. The summed E-state index contributed by atoms with van der Waals surface area (Å²) in [5, 5.41) is 2.98. The zero-order valence-electron chi connectivity index (χ0n) is 12.5. The quantitative estimate of drug-likeness (QED) is 0.942. The summed E-state index contributed by atoms with van der Waals surface area (Å²) in [4.78, 5) is 18.5. The highest BCUT2D eigenvalue weighted by atomic mass is 16.5. The summed E-state index contributed by atoms with van der Waals surface area (Å²) >= 11 is 0. The Kier molecular flexibility index (Phi) is 4.34. The first kappa shape index (κ1) is 14.5. The largest absolute Gasteiger partial charge is 0.454 e. The van der Waals surface area contributed by atoms with Crippen LogP contribution in [-0.2, 0) is 4.79 Å². The topological polar surface area (TPSA) is 54.5 Å². The van der Waals surface area contributed by atoms with Gasteiger partial charge in [-0.05, 0) is 50.7 Å². The molecule has 5 nitrogen and oxygen atoms in total. The van der Waals surface area contributed by atoms with E-state index in [-0.39, 0.29) is 11.9 Å².